The zero-order valence-corrected chi connectivity index (χ0v) is 9.98. The number of ether oxygens (including phenoxy) is 2. The lowest BCUT2D eigenvalue weighted by atomic mass is 9.64. The number of hydrogen-bond acceptors (Lipinski definition) is 3. The van der Waals surface area contributed by atoms with Crippen molar-refractivity contribution in [2.24, 2.45) is 17.3 Å². The Morgan fingerprint density at radius 2 is 2.00 bits per heavy atom. The van der Waals surface area contributed by atoms with E-state index in [4.69, 9.17) is 9.47 Å². The molecule has 0 amide bonds. The first kappa shape index (κ1) is 10.3. The van der Waals surface area contributed by atoms with Crippen molar-refractivity contribution in [1.82, 2.24) is 0 Å². The van der Waals surface area contributed by atoms with E-state index in [9.17, 15) is 4.79 Å². The monoisotopic (exact) mass is 234 g/mol. The van der Waals surface area contributed by atoms with Gasteiger partial charge in [-0.3, -0.25) is 4.79 Å². The standard InChI is InChI=1S/C14H18O3/c15-12-3-1-2-10-8-11-9-13(10,12)4-5-14(11)16-6-7-17-14/h1,3,10-11H,2,4-9H2/t10-,11+,13-/m1/s1. The normalized spacial score (nSPS) is 46.5. The van der Waals surface area contributed by atoms with Gasteiger partial charge in [0.2, 0.25) is 0 Å². The van der Waals surface area contributed by atoms with Crippen LogP contribution in [0.2, 0.25) is 0 Å². The Balaban J connectivity index is 1.70. The first-order chi connectivity index (χ1) is 8.25. The van der Waals surface area contributed by atoms with Crippen LogP contribution in [0.3, 0.4) is 0 Å². The minimum atomic E-state index is -0.330. The second-order valence-electron chi connectivity index (χ2n) is 6.00. The summed E-state index contributed by atoms with van der Waals surface area (Å²) in [4.78, 5) is 12.2. The van der Waals surface area contributed by atoms with Crippen molar-refractivity contribution >= 4 is 5.78 Å². The highest BCUT2D eigenvalue weighted by Gasteiger charge is 2.62. The van der Waals surface area contributed by atoms with Gasteiger partial charge in [0, 0.05) is 17.8 Å². The predicted octanol–water partition coefficient (Wildman–Crippen LogP) is 2.06. The number of rotatable bonds is 0. The van der Waals surface area contributed by atoms with E-state index in [0.717, 1.165) is 45.3 Å². The molecule has 0 unspecified atom stereocenters. The van der Waals surface area contributed by atoms with Gasteiger partial charge in [-0.1, -0.05) is 6.08 Å². The average molecular weight is 234 g/mol. The van der Waals surface area contributed by atoms with Crippen molar-refractivity contribution in [3.8, 4) is 0 Å². The minimum Gasteiger partial charge on any atom is -0.347 e. The third kappa shape index (κ3) is 1.17. The third-order valence-corrected chi connectivity index (χ3v) is 5.46. The van der Waals surface area contributed by atoms with Crippen LogP contribution in [0, 0.1) is 17.3 Å². The molecule has 1 heterocycles. The summed E-state index contributed by atoms with van der Waals surface area (Å²) in [6.07, 6.45) is 8.90. The van der Waals surface area contributed by atoms with Gasteiger partial charge in [0.1, 0.15) is 0 Å². The van der Waals surface area contributed by atoms with Gasteiger partial charge >= 0.3 is 0 Å². The molecule has 3 aliphatic carbocycles. The summed E-state index contributed by atoms with van der Waals surface area (Å²) in [5.41, 5.74) is -0.0556. The molecular weight excluding hydrogens is 216 g/mol. The van der Waals surface area contributed by atoms with Crippen LogP contribution < -0.4 is 0 Å². The SMILES string of the molecule is O=C1C=CC[C@@H]2C[C@H]3C[C@@]12CCC31OCCO1. The third-order valence-electron chi connectivity index (χ3n) is 5.46. The average Bonchev–Trinajstić information content (AvgIpc) is 2.89. The Kier molecular flexibility index (Phi) is 1.94. The summed E-state index contributed by atoms with van der Waals surface area (Å²) < 4.78 is 11.8. The molecular formula is C14H18O3. The first-order valence-electron chi connectivity index (χ1n) is 6.74. The van der Waals surface area contributed by atoms with E-state index in [1.807, 2.05) is 6.08 Å². The molecule has 0 radical (unpaired) electrons. The van der Waals surface area contributed by atoms with Gasteiger partial charge in [-0.05, 0) is 37.7 Å². The fourth-order valence-electron chi connectivity index (χ4n) is 4.60. The van der Waals surface area contributed by atoms with Crippen molar-refractivity contribution in [3.63, 3.8) is 0 Å². The van der Waals surface area contributed by atoms with Crippen LogP contribution in [0.25, 0.3) is 0 Å². The van der Waals surface area contributed by atoms with Crippen LogP contribution in [0.4, 0.5) is 0 Å². The fraction of sp³-hybridized carbons (Fsp3) is 0.786. The summed E-state index contributed by atoms with van der Waals surface area (Å²) in [5, 5.41) is 0. The Bertz CT molecular complexity index is 394. The number of carbonyl (C=O) groups excluding carboxylic acids is 1. The van der Waals surface area contributed by atoms with Crippen LogP contribution >= 0.6 is 0 Å². The van der Waals surface area contributed by atoms with E-state index < -0.39 is 0 Å². The maximum absolute atomic E-state index is 12.2. The maximum atomic E-state index is 12.2. The van der Waals surface area contributed by atoms with E-state index in [1.165, 1.54) is 0 Å². The molecule has 3 heteroatoms. The van der Waals surface area contributed by atoms with Gasteiger partial charge in [0.25, 0.3) is 0 Å². The van der Waals surface area contributed by atoms with Crippen LogP contribution in [0.15, 0.2) is 12.2 Å². The van der Waals surface area contributed by atoms with Gasteiger partial charge in [0.05, 0.1) is 13.2 Å². The molecule has 2 bridgehead atoms. The summed E-state index contributed by atoms with van der Waals surface area (Å²) in [6, 6.07) is 0. The van der Waals surface area contributed by atoms with Crippen LogP contribution in [0.1, 0.15) is 32.1 Å². The lowest BCUT2D eigenvalue weighted by Crippen LogP contribution is -2.46. The van der Waals surface area contributed by atoms with Crippen molar-refractivity contribution in [2.75, 3.05) is 13.2 Å². The largest absolute Gasteiger partial charge is 0.347 e. The number of allylic oxidation sites excluding steroid dienone is 2. The van der Waals surface area contributed by atoms with Crippen molar-refractivity contribution in [3.05, 3.63) is 12.2 Å². The van der Waals surface area contributed by atoms with Gasteiger partial charge in [-0.25, -0.2) is 0 Å². The molecule has 92 valence electrons. The van der Waals surface area contributed by atoms with Crippen LogP contribution in [-0.4, -0.2) is 24.8 Å². The highest BCUT2D eigenvalue weighted by molar-refractivity contribution is 5.96. The molecule has 4 rings (SSSR count). The molecule has 0 N–H and O–H groups in total. The number of ketones is 1. The summed E-state index contributed by atoms with van der Waals surface area (Å²) in [5.74, 6) is 1.01. The molecule has 0 aromatic carbocycles. The summed E-state index contributed by atoms with van der Waals surface area (Å²) >= 11 is 0. The molecule has 2 spiro atoms. The number of fused-ring (bicyclic) bond motifs is 2. The second-order valence-corrected chi connectivity index (χ2v) is 6.00. The van der Waals surface area contributed by atoms with E-state index in [2.05, 4.69) is 6.08 Å². The summed E-state index contributed by atoms with van der Waals surface area (Å²) in [7, 11) is 0. The van der Waals surface area contributed by atoms with Gasteiger partial charge in [-0.15, -0.1) is 0 Å². The van der Waals surface area contributed by atoms with E-state index in [-0.39, 0.29) is 11.2 Å². The van der Waals surface area contributed by atoms with E-state index in [0.29, 0.717) is 17.6 Å². The molecule has 0 aromatic heterocycles. The molecule has 3 nitrogen and oxygen atoms in total. The topological polar surface area (TPSA) is 35.5 Å². The summed E-state index contributed by atoms with van der Waals surface area (Å²) in [6.45, 7) is 1.45. The van der Waals surface area contributed by atoms with Gasteiger partial charge in [-0.2, -0.15) is 0 Å². The number of hydrogen-bond donors (Lipinski definition) is 0. The smallest absolute Gasteiger partial charge is 0.171 e. The lowest BCUT2D eigenvalue weighted by Gasteiger charge is -2.43. The maximum Gasteiger partial charge on any atom is 0.171 e. The zero-order valence-electron chi connectivity index (χ0n) is 9.98. The zero-order chi connectivity index (χ0) is 11.5. The lowest BCUT2D eigenvalue weighted by molar-refractivity contribution is -0.213. The minimum absolute atomic E-state index is 0.0556. The van der Waals surface area contributed by atoms with Crippen LogP contribution in [0.5, 0.6) is 0 Å². The Morgan fingerprint density at radius 3 is 2.82 bits per heavy atom. The molecule has 4 aliphatic rings. The van der Waals surface area contributed by atoms with E-state index in [1.54, 1.807) is 0 Å². The Morgan fingerprint density at radius 1 is 1.18 bits per heavy atom. The van der Waals surface area contributed by atoms with Crippen molar-refractivity contribution in [1.29, 1.82) is 0 Å². The predicted molar refractivity (Wildman–Crippen MR) is 61.3 cm³/mol. The van der Waals surface area contributed by atoms with Crippen molar-refractivity contribution < 1.29 is 14.3 Å². The molecule has 17 heavy (non-hydrogen) atoms. The molecule has 0 aromatic rings. The molecule has 1 aliphatic heterocycles. The fourth-order valence-corrected chi connectivity index (χ4v) is 4.60. The van der Waals surface area contributed by atoms with Gasteiger partial charge in [0.15, 0.2) is 11.6 Å². The van der Waals surface area contributed by atoms with Crippen molar-refractivity contribution in [2.45, 2.75) is 37.9 Å². The van der Waals surface area contributed by atoms with Crippen LogP contribution in [-0.2, 0) is 14.3 Å². The molecule has 3 atom stereocenters. The molecule has 2 saturated carbocycles. The highest BCUT2D eigenvalue weighted by Crippen LogP contribution is 2.62. The Labute approximate surface area is 101 Å². The Hall–Kier alpha value is -0.670. The van der Waals surface area contributed by atoms with Gasteiger partial charge < -0.3 is 9.47 Å². The molecule has 1 saturated heterocycles. The first-order valence-corrected chi connectivity index (χ1v) is 6.74. The van der Waals surface area contributed by atoms with E-state index >= 15 is 0 Å². The second kappa shape index (κ2) is 3.21. The number of carbonyl (C=O) groups is 1. The molecule has 3 fully saturated rings. The highest BCUT2D eigenvalue weighted by atomic mass is 16.7. The quantitative estimate of drug-likeness (QED) is 0.643.